The molecule has 38 heavy (non-hydrogen) atoms. The molecule has 0 aromatic rings. The molecule has 3 unspecified atom stereocenters. The number of allylic oxidation sites excluding steroid dienone is 2. The Hall–Kier alpha value is -1.89. The summed E-state index contributed by atoms with van der Waals surface area (Å²) in [5.41, 5.74) is 0. The van der Waals surface area contributed by atoms with Gasteiger partial charge in [0.15, 0.2) is 0 Å². The summed E-state index contributed by atoms with van der Waals surface area (Å²) in [6.07, 6.45) is 20.6. The predicted molar refractivity (Wildman–Crippen MR) is 152 cm³/mol. The fourth-order valence-corrected chi connectivity index (χ4v) is 4.79. The lowest BCUT2D eigenvalue weighted by molar-refractivity contribution is -0.929. The first kappa shape index (κ1) is 36.1. The van der Waals surface area contributed by atoms with Crippen molar-refractivity contribution in [3.05, 3.63) is 12.2 Å². The van der Waals surface area contributed by atoms with Gasteiger partial charge in [0, 0.05) is 37.6 Å². The highest BCUT2D eigenvalue weighted by atomic mass is 16.4. The molecule has 0 aromatic carbocycles. The molecule has 222 valence electrons. The molecule has 3 atom stereocenters. The molecule has 0 radical (unpaired) electrons. The summed E-state index contributed by atoms with van der Waals surface area (Å²) < 4.78 is 0.555. The first-order chi connectivity index (χ1) is 18.0. The van der Waals surface area contributed by atoms with Crippen LogP contribution in [-0.4, -0.2) is 58.8 Å². The van der Waals surface area contributed by atoms with E-state index < -0.39 is 35.7 Å². The largest absolute Gasteiger partial charge is 0.550 e. The second-order valence-corrected chi connectivity index (χ2v) is 11.5. The minimum atomic E-state index is -1.08. The van der Waals surface area contributed by atoms with Crippen molar-refractivity contribution in [2.24, 2.45) is 17.8 Å². The van der Waals surface area contributed by atoms with Gasteiger partial charge >= 0.3 is 11.9 Å². The first-order valence-corrected chi connectivity index (χ1v) is 15.2. The molecular formula is C31H57NO6. The average Bonchev–Trinajstić information content (AvgIpc) is 2.88. The molecule has 0 heterocycles. The van der Waals surface area contributed by atoms with Gasteiger partial charge in [0.05, 0.1) is 38.0 Å². The number of carboxylic acids is 3. The van der Waals surface area contributed by atoms with Gasteiger partial charge < -0.3 is 24.6 Å². The van der Waals surface area contributed by atoms with E-state index in [9.17, 15) is 29.7 Å². The smallest absolute Gasteiger partial charge is 0.306 e. The van der Waals surface area contributed by atoms with E-state index in [2.05, 4.69) is 19.1 Å². The van der Waals surface area contributed by atoms with Gasteiger partial charge in [-0.3, -0.25) is 9.59 Å². The Kier molecular flexibility index (Phi) is 20.9. The van der Waals surface area contributed by atoms with Crippen LogP contribution >= 0.6 is 0 Å². The Bertz CT molecular complexity index is 617. The number of hydrogen-bond acceptors (Lipinski definition) is 4. The Morgan fingerprint density at radius 3 is 1.45 bits per heavy atom. The van der Waals surface area contributed by atoms with E-state index in [1.807, 2.05) is 0 Å². The molecule has 0 aliphatic carbocycles. The van der Waals surface area contributed by atoms with Crippen LogP contribution in [0.4, 0.5) is 0 Å². The molecular weight excluding hydrogens is 482 g/mol. The molecule has 0 amide bonds. The molecule has 0 rings (SSSR count). The van der Waals surface area contributed by atoms with Gasteiger partial charge in [-0.15, -0.1) is 0 Å². The summed E-state index contributed by atoms with van der Waals surface area (Å²) in [7, 11) is 0. The first-order valence-electron chi connectivity index (χ1n) is 15.2. The summed E-state index contributed by atoms with van der Waals surface area (Å²) in [5, 5.41) is 30.1. The highest BCUT2D eigenvalue weighted by Gasteiger charge is 2.30. The molecule has 0 saturated carbocycles. The van der Waals surface area contributed by atoms with Gasteiger partial charge in [-0.1, -0.05) is 91.2 Å². The maximum absolute atomic E-state index is 11.4. The Morgan fingerprint density at radius 1 is 0.632 bits per heavy atom. The standard InChI is InChI=1S/C31H57NO6/c1-5-6-7-8-9-10-11-12-13-14-15-16-17-18-22-32(23-19-26(2)29(33)34,24-20-27(3)30(35)36)25-21-28(4)31(37)38/h15-16,26-28H,5-14,17-25H2,1-4H3,(H2-,33,34,35,36,37,38)/b16-15+. The van der Waals surface area contributed by atoms with Gasteiger partial charge in [0.25, 0.3) is 0 Å². The normalized spacial score (nSPS) is 15.7. The number of unbranched alkanes of at least 4 members (excludes halogenated alkanes) is 10. The van der Waals surface area contributed by atoms with Gasteiger partial charge in [0.1, 0.15) is 0 Å². The minimum Gasteiger partial charge on any atom is -0.550 e. The lowest BCUT2D eigenvalue weighted by atomic mass is 10.0. The van der Waals surface area contributed by atoms with Crippen molar-refractivity contribution in [2.45, 2.75) is 124 Å². The Balaban J connectivity index is 4.86. The van der Waals surface area contributed by atoms with E-state index in [4.69, 9.17) is 0 Å². The van der Waals surface area contributed by atoms with Crippen molar-refractivity contribution in [3.63, 3.8) is 0 Å². The SMILES string of the molecule is CCCCCCCCCCC/C=C/CCC[N+](CCC(C)C(=O)[O-])(CCC(C)C(=O)O)CCC(C)C(=O)O. The van der Waals surface area contributed by atoms with Crippen LogP contribution in [0.1, 0.15) is 124 Å². The fourth-order valence-electron chi connectivity index (χ4n) is 4.79. The Morgan fingerprint density at radius 2 is 1.03 bits per heavy atom. The molecule has 2 N–H and O–H groups in total. The van der Waals surface area contributed by atoms with E-state index in [1.165, 1.54) is 57.8 Å². The number of nitrogens with zero attached hydrogens (tertiary/aromatic N) is 1. The summed E-state index contributed by atoms with van der Waals surface area (Å²) in [4.78, 5) is 34.2. The highest BCUT2D eigenvalue weighted by molar-refractivity contribution is 5.69. The summed E-state index contributed by atoms with van der Waals surface area (Å²) in [5.74, 6) is -4.37. The van der Waals surface area contributed by atoms with E-state index in [-0.39, 0.29) is 0 Å². The van der Waals surface area contributed by atoms with Crippen LogP contribution in [0.2, 0.25) is 0 Å². The van der Waals surface area contributed by atoms with E-state index in [1.54, 1.807) is 20.8 Å². The zero-order chi connectivity index (χ0) is 28.8. The van der Waals surface area contributed by atoms with Gasteiger partial charge in [0.2, 0.25) is 0 Å². The molecule has 0 aliphatic heterocycles. The molecule has 0 fully saturated rings. The number of carbonyl (C=O) groups is 3. The maximum atomic E-state index is 11.4. The van der Waals surface area contributed by atoms with Crippen molar-refractivity contribution in [1.82, 2.24) is 0 Å². The molecule has 0 bridgehead atoms. The number of hydrogen-bond donors (Lipinski definition) is 2. The third-order valence-corrected chi connectivity index (χ3v) is 8.00. The molecule has 0 saturated heterocycles. The van der Waals surface area contributed by atoms with Crippen molar-refractivity contribution >= 4 is 17.9 Å². The van der Waals surface area contributed by atoms with Crippen molar-refractivity contribution in [1.29, 1.82) is 0 Å². The van der Waals surface area contributed by atoms with Crippen LogP contribution in [0, 0.1) is 17.8 Å². The number of rotatable bonds is 26. The third-order valence-electron chi connectivity index (χ3n) is 8.00. The zero-order valence-electron chi connectivity index (χ0n) is 24.8. The van der Waals surface area contributed by atoms with Crippen LogP contribution in [0.15, 0.2) is 12.2 Å². The van der Waals surface area contributed by atoms with E-state index in [0.29, 0.717) is 43.4 Å². The number of carboxylic acid groups (broad SMARTS) is 3. The van der Waals surface area contributed by atoms with Crippen LogP contribution < -0.4 is 5.11 Å². The van der Waals surface area contributed by atoms with Gasteiger partial charge in [-0.05, 0) is 19.3 Å². The lowest BCUT2D eigenvalue weighted by Crippen LogP contribution is -2.52. The average molecular weight is 540 g/mol. The van der Waals surface area contributed by atoms with E-state index >= 15 is 0 Å². The second-order valence-electron chi connectivity index (χ2n) is 11.5. The van der Waals surface area contributed by atoms with Crippen molar-refractivity contribution < 1.29 is 34.2 Å². The maximum Gasteiger partial charge on any atom is 0.306 e. The molecule has 7 heteroatoms. The highest BCUT2D eigenvalue weighted by Crippen LogP contribution is 2.21. The summed E-state index contributed by atoms with van der Waals surface area (Å²) >= 11 is 0. The predicted octanol–water partition coefficient (Wildman–Crippen LogP) is 6.06. The number of quaternary nitrogens is 1. The van der Waals surface area contributed by atoms with Gasteiger partial charge in [-0.2, -0.15) is 0 Å². The van der Waals surface area contributed by atoms with Crippen LogP contribution in [-0.2, 0) is 14.4 Å². The zero-order valence-corrected chi connectivity index (χ0v) is 24.8. The number of carbonyl (C=O) groups excluding carboxylic acids is 1. The molecule has 0 aliphatic rings. The topological polar surface area (TPSA) is 115 Å². The second kappa shape index (κ2) is 22.0. The molecule has 7 nitrogen and oxygen atoms in total. The lowest BCUT2D eigenvalue weighted by Gasteiger charge is -2.41. The Labute approximate surface area is 232 Å². The van der Waals surface area contributed by atoms with E-state index in [0.717, 1.165) is 25.8 Å². The monoisotopic (exact) mass is 539 g/mol. The molecule has 0 spiro atoms. The summed E-state index contributed by atoms with van der Waals surface area (Å²) in [6, 6.07) is 0. The van der Waals surface area contributed by atoms with Gasteiger partial charge in [-0.25, -0.2) is 0 Å². The molecule has 0 aromatic heterocycles. The summed E-state index contributed by atoms with van der Waals surface area (Å²) in [6.45, 7) is 9.82. The number of aliphatic carboxylic acids is 3. The van der Waals surface area contributed by atoms with Crippen LogP contribution in [0.5, 0.6) is 0 Å². The quantitative estimate of drug-likeness (QED) is 0.0784. The third kappa shape index (κ3) is 18.4. The van der Waals surface area contributed by atoms with Crippen molar-refractivity contribution in [3.8, 4) is 0 Å². The van der Waals surface area contributed by atoms with Crippen LogP contribution in [0.3, 0.4) is 0 Å². The minimum absolute atomic E-state index is 0.430. The van der Waals surface area contributed by atoms with Crippen LogP contribution in [0.25, 0.3) is 0 Å². The van der Waals surface area contributed by atoms with Crippen molar-refractivity contribution in [2.75, 3.05) is 26.2 Å². The fraction of sp³-hybridized carbons (Fsp3) is 0.839.